The van der Waals surface area contributed by atoms with E-state index in [1.807, 2.05) is 36.1 Å². The number of nitrogens with one attached hydrogen (secondary N) is 2. The minimum absolute atomic E-state index is 0.0451. The van der Waals surface area contributed by atoms with Gasteiger partial charge in [-0.2, -0.15) is 0 Å². The normalized spacial score (nSPS) is 10.3. The van der Waals surface area contributed by atoms with Crippen molar-refractivity contribution in [2.75, 3.05) is 36.9 Å². The van der Waals surface area contributed by atoms with Crippen molar-refractivity contribution in [3.8, 4) is 5.75 Å². The lowest BCUT2D eigenvalue weighted by atomic mass is 10.1. The average molecular weight is 424 g/mol. The molecule has 0 aromatic heterocycles. The van der Waals surface area contributed by atoms with E-state index in [2.05, 4.69) is 31.1 Å². The summed E-state index contributed by atoms with van der Waals surface area (Å²) in [6, 6.07) is 14.4. The van der Waals surface area contributed by atoms with Crippen molar-refractivity contribution in [1.82, 2.24) is 4.90 Å². The predicted molar refractivity (Wildman–Crippen MR) is 127 cm³/mol. The third-order valence-corrected chi connectivity index (χ3v) is 4.48. The highest BCUT2D eigenvalue weighted by atomic mass is 16.5. The molecule has 0 aliphatic heterocycles. The van der Waals surface area contributed by atoms with Gasteiger partial charge in [0.25, 0.3) is 5.91 Å². The molecule has 0 saturated carbocycles. The molecule has 2 aromatic carbocycles. The second-order valence-electron chi connectivity index (χ2n) is 7.54. The van der Waals surface area contributed by atoms with Gasteiger partial charge in [0, 0.05) is 30.0 Å². The summed E-state index contributed by atoms with van der Waals surface area (Å²) in [7, 11) is 0. The molecule has 0 aliphatic carbocycles. The molecular weight excluding hydrogens is 390 g/mol. The molecule has 0 fully saturated rings. The molecule has 0 bridgehead atoms. The van der Waals surface area contributed by atoms with Crippen LogP contribution < -0.4 is 15.4 Å². The van der Waals surface area contributed by atoms with Crippen molar-refractivity contribution in [3.05, 3.63) is 66.2 Å². The van der Waals surface area contributed by atoms with Gasteiger partial charge in [0.2, 0.25) is 5.91 Å². The Kier molecular flexibility index (Phi) is 9.62. The molecule has 6 nitrogen and oxygen atoms in total. The van der Waals surface area contributed by atoms with Crippen LogP contribution in [0.1, 0.15) is 44.0 Å². The second kappa shape index (κ2) is 12.4. The Balaban J connectivity index is 1.84. The Morgan fingerprint density at radius 2 is 1.52 bits per heavy atom. The molecule has 0 spiro atoms. The standard InChI is InChI=1S/C25H33N3O3/c1-5-15-28(16-6-2)25(30)20-7-9-21(10-8-20)26-17-24(29)27-22-11-13-23(14-12-22)31-18-19(3)4/h7-14,26H,3,5-6,15-18H2,1-2,4H3,(H,27,29). The van der Waals surface area contributed by atoms with Crippen molar-refractivity contribution >= 4 is 23.2 Å². The Bertz CT molecular complexity index is 855. The number of rotatable bonds is 12. The van der Waals surface area contributed by atoms with Gasteiger partial charge in [-0.25, -0.2) is 0 Å². The first-order valence-electron chi connectivity index (χ1n) is 10.7. The largest absolute Gasteiger partial charge is 0.489 e. The lowest BCUT2D eigenvalue weighted by Crippen LogP contribution is -2.32. The minimum Gasteiger partial charge on any atom is -0.489 e. The molecule has 2 N–H and O–H groups in total. The van der Waals surface area contributed by atoms with Crippen LogP contribution in [0.25, 0.3) is 0 Å². The Hall–Kier alpha value is -3.28. The van der Waals surface area contributed by atoms with Crippen LogP contribution in [-0.2, 0) is 4.79 Å². The number of hydrogen-bond acceptors (Lipinski definition) is 4. The minimum atomic E-state index is -0.159. The molecule has 0 radical (unpaired) electrons. The molecular formula is C25H33N3O3. The van der Waals surface area contributed by atoms with Crippen LogP contribution in [0.3, 0.4) is 0 Å². The van der Waals surface area contributed by atoms with Gasteiger partial charge in [0.15, 0.2) is 0 Å². The van der Waals surface area contributed by atoms with Crippen molar-refractivity contribution in [3.63, 3.8) is 0 Å². The lowest BCUT2D eigenvalue weighted by molar-refractivity contribution is -0.114. The zero-order valence-electron chi connectivity index (χ0n) is 18.7. The SMILES string of the molecule is C=C(C)COc1ccc(NC(=O)CNc2ccc(C(=O)N(CCC)CCC)cc2)cc1. The van der Waals surface area contributed by atoms with Crippen LogP contribution in [0.2, 0.25) is 0 Å². The number of hydrogen-bond donors (Lipinski definition) is 2. The molecule has 0 saturated heterocycles. The van der Waals surface area contributed by atoms with E-state index in [0.717, 1.165) is 42.9 Å². The van der Waals surface area contributed by atoms with Gasteiger partial charge in [-0.15, -0.1) is 0 Å². The topological polar surface area (TPSA) is 70.7 Å². The van der Waals surface area contributed by atoms with Gasteiger partial charge >= 0.3 is 0 Å². The maximum atomic E-state index is 12.6. The second-order valence-corrected chi connectivity index (χ2v) is 7.54. The maximum absolute atomic E-state index is 12.6. The van der Waals surface area contributed by atoms with E-state index in [9.17, 15) is 9.59 Å². The lowest BCUT2D eigenvalue weighted by Gasteiger charge is -2.21. The summed E-state index contributed by atoms with van der Waals surface area (Å²) in [6.45, 7) is 11.9. The molecule has 166 valence electrons. The quantitative estimate of drug-likeness (QED) is 0.474. The molecule has 0 aliphatic rings. The molecule has 31 heavy (non-hydrogen) atoms. The van der Waals surface area contributed by atoms with E-state index in [4.69, 9.17) is 4.74 Å². The molecule has 0 atom stereocenters. The third-order valence-electron chi connectivity index (χ3n) is 4.48. The van der Waals surface area contributed by atoms with Crippen molar-refractivity contribution in [2.45, 2.75) is 33.6 Å². The molecule has 0 heterocycles. The summed E-state index contributed by atoms with van der Waals surface area (Å²) < 4.78 is 5.55. The first-order chi connectivity index (χ1) is 14.9. The highest BCUT2D eigenvalue weighted by Crippen LogP contribution is 2.16. The van der Waals surface area contributed by atoms with E-state index in [0.29, 0.717) is 17.9 Å². The van der Waals surface area contributed by atoms with Crippen LogP contribution in [0, 0.1) is 0 Å². The fourth-order valence-electron chi connectivity index (χ4n) is 3.00. The number of anilines is 2. The number of amides is 2. The van der Waals surface area contributed by atoms with E-state index < -0.39 is 0 Å². The van der Waals surface area contributed by atoms with Crippen LogP contribution in [-0.4, -0.2) is 43.0 Å². The summed E-state index contributed by atoms with van der Waals surface area (Å²) >= 11 is 0. The Morgan fingerprint density at radius 3 is 2.06 bits per heavy atom. The summed E-state index contributed by atoms with van der Waals surface area (Å²) in [5, 5.41) is 5.92. The number of ether oxygens (including phenoxy) is 1. The number of nitrogens with zero attached hydrogens (tertiary/aromatic N) is 1. The number of benzene rings is 2. The first-order valence-corrected chi connectivity index (χ1v) is 10.7. The van der Waals surface area contributed by atoms with Gasteiger partial charge in [0.05, 0.1) is 6.54 Å². The molecule has 0 unspecified atom stereocenters. The smallest absolute Gasteiger partial charge is 0.253 e. The highest BCUT2D eigenvalue weighted by molar-refractivity contribution is 5.95. The van der Waals surface area contributed by atoms with E-state index in [-0.39, 0.29) is 18.4 Å². The molecule has 2 rings (SSSR count). The van der Waals surface area contributed by atoms with Gasteiger partial charge in [-0.1, -0.05) is 20.4 Å². The summed E-state index contributed by atoms with van der Waals surface area (Å²) in [5.74, 6) is 0.613. The van der Waals surface area contributed by atoms with Gasteiger partial charge in [-0.3, -0.25) is 9.59 Å². The maximum Gasteiger partial charge on any atom is 0.253 e. The van der Waals surface area contributed by atoms with Gasteiger partial charge < -0.3 is 20.3 Å². The van der Waals surface area contributed by atoms with Crippen LogP contribution in [0.5, 0.6) is 5.75 Å². The summed E-state index contributed by atoms with van der Waals surface area (Å²) in [6.07, 6.45) is 1.87. The third kappa shape index (κ3) is 8.16. The van der Waals surface area contributed by atoms with E-state index in [1.165, 1.54) is 0 Å². The summed E-state index contributed by atoms with van der Waals surface area (Å²) in [4.78, 5) is 26.7. The van der Waals surface area contributed by atoms with Crippen molar-refractivity contribution < 1.29 is 14.3 Å². The highest BCUT2D eigenvalue weighted by Gasteiger charge is 2.14. The van der Waals surface area contributed by atoms with E-state index >= 15 is 0 Å². The monoisotopic (exact) mass is 423 g/mol. The molecule has 2 aromatic rings. The zero-order valence-corrected chi connectivity index (χ0v) is 18.7. The van der Waals surface area contributed by atoms with Crippen LogP contribution >= 0.6 is 0 Å². The van der Waals surface area contributed by atoms with E-state index in [1.54, 1.807) is 24.3 Å². The van der Waals surface area contributed by atoms with Crippen molar-refractivity contribution in [2.24, 2.45) is 0 Å². The average Bonchev–Trinajstić information content (AvgIpc) is 2.77. The molecule has 6 heteroatoms. The Morgan fingerprint density at radius 1 is 0.935 bits per heavy atom. The number of carbonyl (C=O) groups excluding carboxylic acids is 2. The summed E-state index contributed by atoms with van der Waals surface area (Å²) in [5.41, 5.74) is 3.08. The van der Waals surface area contributed by atoms with Crippen molar-refractivity contribution in [1.29, 1.82) is 0 Å². The van der Waals surface area contributed by atoms with Gasteiger partial charge in [-0.05, 0) is 73.9 Å². The number of carbonyl (C=O) groups is 2. The first kappa shape index (κ1) is 24.0. The van der Waals surface area contributed by atoms with Gasteiger partial charge in [0.1, 0.15) is 12.4 Å². The van der Waals surface area contributed by atoms with Crippen LogP contribution in [0.4, 0.5) is 11.4 Å². The van der Waals surface area contributed by atoms with Crippen LogP contribution in [0.15, 0.2) is 60.7 Å². The predicted octanol–water partition coefficient (Wildman–Crippen LogP) is 4.95. The fourth-order valence-corrected chi connectivity index (χ4v) is 3.00. The fraction of sp³-hybridized carbons (Fsp3) is 0.360. The Labute approximate surface area is 185 Å². The molecule has 2 amide bonds. The zero-order chi connectivity index (χ0) is 22.6.